The standard InChI is InChI=1S/C18H14BrNO4S/c19-16-7-3-4-8-17(16)20(12-18(21)22)25(23,24)15-10-9-13-5-1-2-6-14(13)11-15/h1-11H,12H2,(H,21,22). The summed E-state index contributed by atoms with van der Waals surface area (Å²) in [6.07, 6.45) is 0. The van der Waals surface area contributed by atoms with Gasteiger partial charge in [-0.25, -0.2) is 8.42 Å². The van der Waals surface area contributed by atoms with Crippen LogP contribution in [-0.2, 0) is 14.8 Å². The van der Waals surface area contributed by atoms with Crippen LogP contribution in [0, 0.1) is 0 Å². The Morgan fingerprint density at radius 1 is 0.960 bits per heavy atom. The topological polar surface area (TPSA) is 74.7 Å². The summed E-state index contributed by atoms with van der Waals surface area (Å²) in [5.41, 5.74) is 0.276. The van der Waals surface area contributed by atoms with Gasteiger partial charge in [-0.3, -0.25) is 9.10 Å². The lowest BCUT2D eigenvalue weighted by molar-refractivity contribution is -0.135. The Morgan fingerprint density at radius 2 is 1.60 bits per heavy atom. The van der Waals surface area contributed by atoms with Gasteiger partial charge in [0, 0.05) is 4.47 Å². The fraction of sp³-hybridized carbons (Fsp3) is 0.0556. The molecule has 0 heterocycles. The third kappa shape index (κ3) is 3.52. The molecule has 0 radical (unpaired) electrons. The summed E-state index contributed by atoms with van der Waals surface area (Å²) in [5.74, 6) is -1.24. The maximum Gasteiger partial charge on any atom is 0.324 e. The molecular weight excluding hydrogens is 406 g/mol. The third-order valence-electron chi connectivity index (χ3n) is 3.71. The van der Waals surface area contributed by atoms with E-state index in [4.69, 9.17) is 0 Å². The number of carbonyl (C=O) groups is 1. The van der Waals surface area contributed by atoms with Crippen LogP contribution >= 0.6 is 15.9 Å². The van der Waals surface area contributed by atoms with E-state index in [-0.39, 0.29) is 10.6 Å². The number of anilines is 1. The van der Waals surface area contributed by atoms with Crippen LogP contribution in [0.25, 0.3) is 10.8 Å². The van der Waals surface area contributed by atoms with Gasteiger partial charge < -0.3 is 5.11 Å². The highest BCUT2D eigenvalue weighted by molar-refractivity contribution is 9.10. The molecule has 0 aliphatic heterocycles. The molecule has 1 N–H and O–H groups in total. The number of hydrogen-bond donors (Lipinski definition) is 1. The number of benzene rings is 3. The first-order chi connectivity index (χ1) is 11.9. The molecule has 0 amide bonds. The molecule has 0 spiro atoms. The summed E-state index contributed by atoms with van der Waals surface area (Å²) in [6.45, 7) is -0.669. The van der Waals surface area contributed by atoms with Crippen LogP contribution in [0.4, 0.5) is 5.69 Å². The molecule has 3 aromatic carbocycles. The first-order valence-corrected chi connectivity index (χ1v) is 9.61. The summed E-state index contributed by atoms with van der Waals surface area (Å²) in [6, 6.07) is 18.8. The maximum atomic E-state index is 13.1. The molecule has 3 aromatic rings. The number of carboxylic acid groups (broad SMARTS) is 1. The van der Waals surface area contributed by atoms with Gasteiger partial charge in [-0.05, 0) is 51.0 Å². The van der Waals surface area contributed by atoms with Crippen molar-refractivity contribution in [2.45, 2.75) is 4.90 Å². The Balaban J connectivity index is 2.15. The summed E-state index contributed by atoms with van der Waals surface area (Å²) < 4.78 is 27.6. The molecule has 3 rings (SSSR count). The van der Waals surface area contributed by atoms with Crippen molar-refractivity contribution < 1.29 is 18.3 Å². The monoisotopic (exact) mass is 419 g/mol. The van der Waals surface area contributed by atoms with Crippen molar-refractivity contribution in [3.8, 4) is 0 Å². The lowest BCUT2D eigenvalue weighted by Crippen LogP contribution is -2.36. The molecule has 5 nitrogen and oxygen atoms in total. The molecule has 25 heavy (non-hydrogen) atoms. The molecule has 0 saturated carbocycles. The number of rotatable bonds is 5. The van der Waals surface area contributed by atoms with E-state index in [1.807, 2.05) is 24.3 Å². The summed E-state index contributed by atoms with van der Waals surface area (Å²) >= 11 is 3.29. The highest BCUT2D eigenvalue weighted by atomic mass is 79.9. The zero-order valence-electron chi connectivity index (χ0n) is 13.0. The molecule has 0 saturated heterocycles. The van der Waals surface area contributed by atoms with Gasteiger partial charge in [-0.2, -0.15) is 0 Å². The minimum Gasteiger partial charge on any atom is -0.480 e. The van der Waals surface area contributed by atoms with Crippen molar-refractivity contribution in [2.75, 3.05) is 10.8 Å². The van der Waals surface area contributed by atoms with Crippen LogP contribution in [0.1, 0.15) is 0 Å². The number of nitrogens with zero attached hydrogens (tertiary/aromatic N) is 1. The van der Waals surface area contributed by atoms with Crippen molar-refractivity contribution in [3.05, 3.63) is 71.2 Å². The molecule has 0 unspecified atom stereocenters. The van der Waals surface area contributed by atoms with Crippen LogP contribution < -0.4 is 4.31 Å². The Kier molecular flexibility index (Phi) is 4.78. The van der Waals surface area contributed by atoms with Gasteiger partial charge in [0.2, 0.25) is 0 Å². The Bertz CT molecular complexity index is 1050. The molecule has 0 bridgehead atoms. The van der Waals surface area contributed by atoms with E-state index in [0.29, 0.717) is 4.47 Å². The van der Waals surface area contributed by atoms with Crippen LogP contribution in [0.2, 0.25) is 0 Å². The molecule has 0 atom stereocenters. The van der Waals surface area contributed by atoms with Crippen LogP contribution in [0.5, 0.6) is 0 Å². The van der Waals surface area contributed by atoms with E-state index in [0.717, 1.165) is 15.1 Å². The smallest absolute Gasteiger partial charge is 0.324 e. The normalized spacial score (nSPS) is 11.4. The Labute approximate surface area is 153 Å². The van der Waals surface area contributed by atoms with E-state index < -0.39 is 22.5 Å². The third-order valence-corrected chi connectivity index (χ3v) is 6.14. The van der Waals surface area contributed by atoms with E-state index in [1.165, 1.54) is 6.07 Å². The second kappa shape index (κ2) is 6.85. The Hall–Kier alpha value is -2.38. The van der Waals surface area contributed by atoms with Crippen molar-refractivity contribution in [1.29, 1.82) is 0 Å². The number of carboxylic acids is 1. The molecule has 0 aliphatic carbocycles. The molecule has 0 aliphatic rings. The average molecular weight is 420 g/mol. The van der Waals surface area contributed by atoms with Gasteiger partial charge in [0.15, 0.2) is 0 Å². The highest BCUT2D eigenvalue weighted by Gasteiger charge is 2.28. The fourth-order valence-corrected chi connectivity index (χ4v) is 4.62. The minimum absolute atomic E-state index is 0.0446. The first kappa shape index (κ1) is 17.4. The van der Waals surface area contributed by atoms with Gasteiger partial charge in [0.25, 0.3) is 10.0 Å². The summed E-state index contributed by atoms with van der Waals surface area (Å²) in [5, 5.41) is 10.9. The van der Waals surface area contributed by atoms with E-state index in [9.17, 15) is 18.3 Å². The second-order valence-corrected chi connectivity index (χ2v) is 8.08. The fourth-order valence-electron chi connectivity index (χ4n) is 2.53. The first-order valence-electron chi connectivity index (χ1n) is 7.37. The molecule has 0 aromatic heterocycles. The molecule has 0 fully saturated rings. The summed E-state index contributed by atoms with van der Waals surface area (Å²) in [7, 11) is -4.04. The van der Waals surface area contributed by atoms with Crippen LogP contribution in [0.3, 0.4) is 0 Å². The van der Waals surface area contributed by atoms with Gasteiger partial charge in [-0.15, -0.1) is 0 Å². The minimum atomic E-state index is -4.04. The number of hydrogen-bond acceptors (Lipinski definition) is 3. The summed E-state index contributed by atoms with van der Waals surface area (Å²) in [4.78, 5) is 11.3. The van der Waals surface area contributed by atoms with Crippen molar-refractivity contribution >= 4 is 48.4 Å². The van der Waals surface area contributed by atoms with Crippen molar-refractivity contribution in [2.24, 2.45) is 0 Å². The zero-order valence-corrected chi connectivity index (χ0v) is 15.4. The largest absolute Gasteiger partial charge is 0.480 e. The van der Waals surface area contributed by atoms with Gasteiger partial charge in [0.05, 0.1) is 10.6 Å². The van der Waals surface area contributed by atoms with Crippen LogP contribution in [-0.4, -0.2) is 26.0 Å². The SMILES string of the molecule is O=C(O)CN(c1ccccc1Br)S(=O)(=O)c1ccc2ccccc2c1. The zero-order chi connectivity index (χ0) is 18.0. The maximum absolute atomic E-state index is 13.1. The lowest BCUT2D eigenvalue weighted by Gasteiger charge is -2.24. The molecule has 128 valence electrons. The van der Waals surface area contributed by atoms with Crippen molar-refractivity contribution in [1.82, 2.24) is 0 Å². The number of halogens is 1. The highest BCUT2D eigenvalue weighted by Crippen LogP contribution is 2.31. The predicted octanol–water partition coefficient (Wildman–Crippen LogP) is 3.88. The number of aliphatic carboxylic acids is 1. The van der Waals surface area contributed by atoms with E-state index >= 15 is 0 Å². The number of fused-ring (bicyclic) bond motifs is 1. The van der Waals surface area contributed by atoms with Gasteiger partial charge >= 0.3 is 5.97 Å². The van der Waals surface area contributed by atoms with E-state index in [1.54, 1.807) is 36.4 Å². The number of para-hydroxylation sites is 1. The Morgan fingerprint density at radius 3 is 2.28 bits per heavy atom. The van der Waals surface area contributed by atoms with Gasteiger partial charge in [0.1, 0.15) is 6.54 Å². The number of sulfonamides is 1. The van der Waals surface area contributed by atoms with Gasteiger partial charge in [-0.1, -0.05) is 42.5 Å². The van der Waals surface area contributed by atoms with E-state index in [2.05, 4.69) is 15.9 Å². The van der Waals surface area contributed by atoms with Crippen molar-refractivity contribution in [3.63, 3.8) is 0 Å². The average Bonchev–Trinajstić information content (AvgIpc) is 2.59. The molecule has 7 heteroatoms. The predicted molar refractivity (Wildman–Crippen MR) is 100 cm³/mol. The lowest BCUT2D eigenvalue weighted by atomic mass is 10.1. The molecular formula is C18H14BrNO4S. The second-order valence-electron chi connectivity index (χ2n) is 5.37. The quantitative estimate of drug-likeness (QED) is 0.680. The van der Waals surface area contributed by atoms with Crippen LogP contribution in [0.15, 0.2) is 76.1 Å².